The highest BCUT2D eigenvalue weighted by atomic mass is 19.1. The van der Waals surface area contributed by atoms with Crippen molar-refractivity contribution in [2.45, 2.75) is 64.1 Å². The van der Waals surface area contributed by atoms with E-state index in [1.165, 1.54) is 13.3 Å². The molecular formula is C26H32FN3O6. The first-order valence-corrected chi connectivity index (χ1v) is 12.4. The van der Waals surface area contributed by atoms with Gasteiger partial charge in [0.05, 0.1) is 24.1 Å². The summed E-state index contributed by atoms with van der Waals surface area (Å²) < 4.78 is 28.8. The Balaban J connectivity index is 1.58. The number of carboxylic acid groups (broad SMARTS) is 1. The molecule has 1 saturated carbocycles. The molecule has 1 aromatic carbocycles. The molecule has 1 aliphatic carbocycles. The van der Waals surface area contributed by atoms with Crippen LogP contribution in [0.25, 0.3) is 10.9 Å². The van der Waals surface area contributed by atoms with Gasteiger partial charge in [0.1, 0.15) is 16.9 Å². The summed E-state index contributed by atoms with van der Waals surface area (Å²) in [5, 5.41) is 9.54. The van der Waals surface area contributed by atoms with Crippen LogP contribution in [-0.4, -0.2) is 65.0 Å². The van der Waals surface area contributed by atoms with Gasteiger partial charge in [0, 0.05) is 31.9 Å². The van der Waals surface area contributed by atoms with E-state index in [1.54, 1.807) is 9.47 Å². The van der Waals surface area contributed by atoms with Gasteiger partial charge in [-0.15, -0.1) is 0 Å². The predicted molar refractivity (Wildman–Crippen MR) is 132 cm³/mol. The molecule has 0 bridgehead atoms. The number of pyridine rings is 1. The fourth-order valence-corrected chi connectivity index (χ4v) is 5.63. The average Bonchev–Trinajstić information content (AvgIpc) is 3.55. The number of aromatic nitrogens is 1. The second-order valence-electron chi connectivity index (χ2n) is 11.0. The summed E-state index contributed by atoms with van der Waals surface area (Å²) in [6, 6.07) is 1.03. The number of carboxylic acids is 1. The van der Waals surface area contributed by atoms with Crippen molar-refractivity contribution in [2.24, 2.45) is 5.92 Å². The van der Waals surface area contributed by atoms with E-state index in [4.69, 9.17) is 9.47 Å². The number of halogens is 1. The smallest absolute Gasteiger partial charge is 0.410 e. The van der Waals surface area contributed by atoms with Crippen LogP contribution in [0, 0.1) is 11.7 Å². The van der Waals surface area contributed by atoms with Crippen LogP contribution in [0.5, 0.6) is 5.75 Å². The zero-order valence-electron chi connectivity index (χ0n) is 21.0. The molecule has 2 aromatic rings. The first-order valence-electron chi connectivity index (χ1n) is 12.4. The summed E-state index contributed by atoms with van der Waals surface area (Å²) >= 11 is 0. The zero-order chi connectivity index (χ0) is 25.9. The third-order valence-electron chi connectivity index (χ3n) is 7.30. The quantitative estimate of drug-likeness (QED) is 0.675. The molecule has 2 aliphatic heterocycles. The van der Waals surface area contributed by atoms with Crippen LogP contribution in [0.3, 0.4) is 0 Å². The molecule has 0 unspecified atom stereocenters. The first kappa shape index (κ1) is 24.4. The molecule has 1 aromatic heterocycles. The van der Waals surface area contributed by atoms with E-state index in [0.717, 1.165) is 31.7 Å². The Kier molecular flexibility index (Phi) is 5.88. The van der Waals surface area contributed by atoms with E-state index in [9.17, 15) is 19.5 Å². The lowest BCUT2D eigenvalue weighted by Gasteiger charge is -2.37. The number of amides is 1. The molecule has 0 spiro atoms. The van der Waals surface area contributed by atoms with Gasteiger partial charge in [0.25, 0.3) is 0 Å². The minimum Gasteiger partial charge on any atom is -0.492 e. The Morgan fingerprint density at radius 2 is 1.89 bits per heavy atom. The van der Waals surface area contributed by atoms with Gasteiger partial charge in [-0.1, -0.05) is 0 Å². The largest absolute Gasteiger partial charge is 0.492 e. The van der Waals surface area contributed by atoms with Crippen molar-refractivity contribution in [2.75, 3.05) is 31.6 Å². The van der Waals surface area contributed by atoms with Crippen LogP contribution in [0.2, 0.25) is 0 Å². The van der Waals surface area contributed by atoms with Gasteiger partial charge in [-0.25, -0.2) is 14.0 Å². The number of piperidine rings is 1. The maximum absolute atomic E-state index is 15.7. The van der Waals surface area contributed by atoms with Gasteiger partial charge in [0.15, 0.2) is 11.6 Å². The van der Waals surface area contributed by atoms with E-state index in [2.05, 4.69) is 0 Å². The van der Waals surface area contributed by atoms with Crippen LogP contribution >= 0.6 is 0 Å². The molecule has 0 radical (unpaired) electrons. The van der Waals surface area contributed by atoms with Crippen LogP contribution in [0.1, 0.15) is 62.9 Å². The summed E-state index contributed by atoms with van der Waals surface area (Å²) in [5.74, 6) is -1.63. The van der Waals surface area contributed by atoms with Crippen LogP contribution in [-0.2, 0) is 4.74 Å². The highest BCUT2D eigenvalue weighted by Crippen LogP contribution is 2.45. The van der Waals surface area contributed by atoms with Gasteiger partial charge in [-0.3, -0.25) is 4.79 Å². The number of ether oxygens (including phenoxy) is 2. The molecule has 3 heterocycles. The number of fused-ring (bicyclic) bond motifs is 2. The summed E-state index contributed by atoms with van der Waals surface area (Å²) in [5.41, 5.74) is -1.09. The Morgan fingerprint density at radius 1 is 1.17 bits per heavy atom. The molecule has 1 N–H and O–H groups in total. The van der Waals surface area contributed by atoms with E-state index in [1.807, 2.05) is 25.7 Å². The van der Waals surface area contributed by atoms with Crippen molar-refractivity contribution >= 4 is 28.7 Å². The number of anilines is 1. The second-order valence-corrected chi connectivity index (χ2v) is 11.0. The fraction of sp³-hybridized carbons (Fsp3) is 0.577. The summed E-state index contributed by atoms with van der Waals surface area (Å²) in [6.07, 6.45) is 4.41. The third kappa shape index (κ3) is 4.16. The molecule has 3 aliphatic rings. The predicted octanol–water partition coefficient (Wildman–Crippen LogP) is 4.02. The second kappa shape index (κ2) is 8.67. The lowest BCUT2D eigenvalue weighted by atomic mass is 9.92. The number of hydrogen-bond donors (Lipinski definition) is 1. The lowest BCUT2D eigenvalue weighted by molar-refractivity contribution is 0.00668. The highest BCUT2D eigenvalue weighted by molar-refractivity contribution is 5.97. The molecule has 1 amide bonds. The number of benzene rings is 1. The van der Waals surface area contributed by atoms with E-state index in [-0.39, 0.29) is 46.5 Å². The van der Waals surface area contributed by atoms with Gasteiger partial charge in [-0.2, -0.15) is 0 Å². The topological polar surface area (TPSA) is 101 Å². The van der Waals surface area contributed by atoms with E-state index >= 15 is 4.39 Å². The molecule has 2 saturated heterocycles. The monoisotopic (exact) mass is 501 g/mol. The number of carbonyl (C=O) groups is 2. The normalized spacial score (nSPS) is 22.0. The average molecular weight is 502 g/mol. The van der Waals surface area contributed by atoms with Crippen molar-refractivity contribution in [1.82, 2.24) is 9.47 Å². The number of methoxy groups -OCH3 is 1. The molecule has 2 atom stereocenters. The van der Waals surface area contributed by atoms with E-state index < -0.39 is 22.8 Å². The van der Waals surface area contributed by atoms with E-state index in [0.29, 0.717) is 25.2 Å². The van der Waals surface area contributed by atoms with Gasteiger partial charge in [0.2, 0.25) is 5.43 Å². The van der Waals surface area contributed by atoms with Crippen molar-refractivity contribution in [3.8, 4) is 5.75 Å². The summed E-state index contributed by atoms with van der Waals surface area (Å²) in [6.45, 7) is 7.01. The molecule has 194 valence electrons. The van der Waals surface area contributed by atoms with Crippen LogP contribution in [0.15, 0.2) is 17.1 Å². The maximum Gasteiger partial charge on any atom is 0.410 e. The molecule has 3 fully saturated rings. The molecule has 9 nitrogen and oxygen atoms in total. The number of carbonyl (C=O) groups excluding carboxylic acids is 1. The van der Waals surface area contributed by atoms with Gasteiger partial charge in [-0.05, 0) is 58.4 Å². The Morgan fingerprint density at radius 3 is 2.50 bits per heavy atom. The van der Waals surface area contributed by atoms with Crippen LogP contribution in [0.4, 0.5) is 14.9 Å². The van der Waals surface area contributed by atoms with Gasteiger partial charge >= 0.3 is 12.1 Å². The Labute approximate surface area is 208 Å². The lowest BCUT2D eigenvalue weighted by Crippen LogP contribution is -2.50. The van der Waals surface area contributed by atoms with Crippen LogP contribution < -0.4 is 15.1 Å². The molecular weight excluding hydrogens is 469 g/mol. The molecule has 36 heavy (non-hydrogen) atoms. The number of hydrogen-bond acceptors (Lipinski definition) is 6. The van der Waals surface area contributed by atoms with Crippen molar-refractivity contribution in [3.05, 3.63) is 33.9 Å². The third-order valence-corrected chi connectivity index (χ3v) is 7.30. The first-order chi connectivity index (χ1) is 17.0. The fourth-order valence-electron chi connectivity index (χ4n) is 5.63. The minimum atomic E-state index is -1.34. The van der Waals surface area contributed by atoms with Gasteiger partial charge < -0.3 is 28.9 Å². The number of rotatable bonds is 4. The molecule has 5 rings (SSSR count). The van der Waals surface area contributed by atoms with Crippen molar-refractivity contribution in [1.29, 1.82) is 0 Å². The Bertz CT molecular complexity index is 1300. The summed E-state index contributed by atoms with van der Waals surface area (Å²) in [7, 11) is 1.43. The standard InChI is InChI=1S/C26H32FN3O6/c1-26(2,3)36-25(34)29-9-5-6-14-11-28(13-19(14)29)21-18(27)10-16-20(23(21)35-4)30(15-7-8-15)12-17(22(16)31)24(32)33/h10,12,14-15,19H,5-9,11,13H2,1-4H3,(H,32,33)/t14-,19-/m0/s1. The summed E-state index contributed by atoms with van der Waals surface area (Å²) in [4.78, 5) is 41.2. The SMILES string of the molecule is COc1c(N2C[C@@H]3CCCN(C(=O)OC(C)(C)C)[C@H]3C2)c(F)cc2c(=O)c(C(=O)O)cn(C3CC3)c12. The van der Waals surface area contributed by atoms with Crippen molar-refractivity contribution in [3.63, 3.8) is 0 Å². The van der Waals surface area contributed by atoms with Crippen molar-refractivity contribution < 1.29 is 28.6 Å². The number of aromatic carboxylic acids is 1. The maximum atomic E-state index is 15.7. The zero-order valence-corrected chi connectivity index (χ0v) is 21.0. The minimum absolute atomic E-state index is 0.00750. The highest BCUT2D eigenvalue weighted by Gasteiger charge is 2.44. The number of nitrogens with zero attached hydrogens (tertiary/aromatic N) is 3. The molecule has 10 heteroatoms. The Hall–Kier alpha value is -3.30. The number of likely N-dealkylation sites (tertiary alicyclic amines) is 1.